The molecule has 0 aromatic heterocycles. The number of benzene rings is 2. The van der Waals surface area contributed by atoms with Gasteiger partial charge in [0.15, 0.2) is 0 Å². The fourth-order valence-corrected chi connectivity index (χ4v) is 1.79. The summed E-state index contributed by atoms with van der Waals surface area (Å²) in [5.74, 6) is 3.69. The molecule has 2 rings (SSSR count). The lowest BCUT2D eigenvalue weighted by molar-refractivity contribution is 0.542. The van der Waals surface area contributed by atoms with Crippen molar-refractivity contribution >= 4 is 0 Å². The molecule has 2 nitrogen and oxygen atoms in total. The van der Waals surface area contributed by atoms with Gasteiger partial charge in [-0.15, -0.1) is 0 Å². The van der Waals surface area contributed by atoms with E-state index < -0.39 is 23.5 Å². The number of nitrogens with one attached hydrogen (secondary N) is 1. The van der Waals surface area contributed by atoms with Crippen LogP contribution in [0, 0.1) is 17.5 Å². The molecule has 0 aliphatic carbocycles. The first kappa shape index (κ1) is 12.6. The molecule has 0 aliphatic heterocycles. The van der Waals surface area contributed by atoms with Crippen molar-refractivity contribution in [2.45, 2.75) is 6.04 Å². The van der Waals surface area contributed by atoms with Crippen molar-refractivity contribution in [2.24, 2.45) is 5.84 Å². The van der Waals surface area contributed by atoms with Crippen molar-refractivity contribution in [1.29, 1.82) is 0 Å². The predicted octanol–water partition coefficient (Wildman–Crippen LogP) is 2.66. The fraction of sp³-hybridized carbons (Fsp3) is 0.0769. The van der Waals surface area contributed by atoms with E-state index in [2.05, 4.69) is 5.43 Å². The Labute approximate surface area is 102 Å². The van der Waals surface area contributed by atoms with Crippen LogP contribution in [0.15, 0.2) is 42.5 Å². The summed E-state index contributed by atoms with van der Waals surface area (Å²) in [6.07, 6.45) is 0. The van der Waals surface area contributed by atoms with Gasteiger partial charge in [-0.2, -0.15) is 0 Å². The summed E-state index contributed by atoms with van der Waals surface area (Å²) in [4.78, 5) is 0. The fourth-order valence-electron chi connectivity index (χ4n) is 1.79. The summed E-state index contributed by atoms with van der Waals surface area (Å²) < 4.78 is 39.9. The van der Waals surface area contributed by atoms with E-state index in [9.17, 15) is 13.2 Å². The summed E-state index contributed by atoms with van der Waals surface area (Å²) in [5, 5.41) is 0. The smallest absolute Gasteiger partial charge is 0.128 e. The van der Waals surface area contributed by atoms with Crippen LogP contribution < -0.4 is 11.3 Å². The normalized spacial score (nSPS) is 12.4. The molecule has 1 atom stereocenters. The lowest BCUT2D eigenvalue weighted by atomic mass is 9.98. The van der Waals surface area contributed by atoms with Crippen LogP contribution in [-0.2, 0) is 0 Å². The van der Waals surface area contributed by atoms with Crippen LogP contribution >= 0.6 is 0 Å². The first-order valence-corrected chi connectivity index (χ1v) is 5.28. The molecule has 3 N–H and O–H groups in total. The number of nitrogens with two attached hydrogens (primary N) is 1. The Morgan fingerprint density at radius 1 is 0.944 bits per heavy atom. The number of hydrogen-bond donors (Lipinski definition) is 2. The van der Waals surface area contributed by atoms with Gasteiger partial charge in [-0.1, -0.05) is 12.1 Å². The van der Waals surface area contributed by atoms with Crippen molar-refractivity contribution in [2.75, 3.05) is 0 Å². The van der Waals surface area contributed by atoms with Gasteiger partial charge in [0, 0.05) is 5.56 Å². The van der Waals surface area contributed by atoms with E-state index in [-0.39, 0.29) is 5.56 Å². The molecule has 5 heteroatoms. The first-order valence-electron chi connectivity index (χ1n) is 5.28. The van der Waals surface area contributed by atoms with Crippen LogP contribution in [0.2, 0.25) is 0 Å². The summed E-state index contributed by atoms with van der Waals surface area (Å²) in [6.45, 7) is 0. The highest BCUT2D eigenvalue weighted by atomic mass is 19.1. The first-order chi connectivity index (χ1) is 8.61. The number of hydrogen-bond acceptors (Lipinski definition) is 2. The zero-order valence-electron chi connectivity index (χ0n) is 9.33. The maximum absolute atomic E-state index is 13.6. The second-order valence-corrected chi connectivity index (χ2v) is 3.82. The second kappa shape index (κ2) is 5.20. The summed E-state index contributed by atoms with van der Waals surface area (Å²) in [7, 11) is 0. The molecule has 0 amide bonds. The van der Waals surface area contributed by atoms with E-state index in [0.717, 1.165) is 18.2 Å². The highest BCUT2D eigenvalue weighted by Crippen LogP contribution is 2.24. The van der Waals surface area contributed by atoms with Crippen molar-refractivity contribution in [3.63, 3.8) is 0 Å². The lowest BCUT2D eigenvalue weighted by Crippen LogP contribution is -2.29. The minimum Gasteiger partial charge on any atom is -0.271 e. The van der Waals surface area contributed by atoms with Gasteiger partial charge in [0.1, 0.15) is 17.5 Å². The van der Waals surface area contributed by atoms with Crippen LogP contribution in [0.25, 0.3) is 0 Å². The lowest BCUT2D eigenvalue weighted by Gasteiger charge is -2.17. The maximum atomic E-state index is 13.6. The van der Waals surface area contributed by atoms with Gasteiger partial charge in [0.25, 0.3) is 0 Å². The molecular formula is C13H11F3N2. The molecule has 0 heterocycles. The number of halogens is 3. The largest absolute Gasteiger partial charge is 0.271 e. The Morgan fingerprint density at radius 3 is 2.33 bits per heavy atom. The molecule has 18 heavy (non-hydrogen) atoms. The molecule has 0 bridgehead atoms. The van der Waals surface area contributed by atoms with Gasteiger partial charge >= 0.3 is 0 Å². The number of hydrazine groups is 1. The zero-order valence-corrected chi connectivity index (χ0v) is 9.33. The minimum atomic E-state index is -0.809. The van der Waals surface area contributed by atoms with Gasteiger partial charge in [-0.25, -0.2) is 18.6 Å². The number of rotatable bonds is 3. The van der Waals surface area contributed by atoms with E-state index >= 15 is 0 Å². The average Bonchev–Trinajstić information content (AvgIpc) is 2.35. The van der Waals surface area contributed by atoms with Crippen molar-refractivity contribution < 1.29 is 13.2 Å². The Balaban J connectivity index is 2.48. The van der Waals surface area contributed by atoms with Crippen LogP contribution in [0.1, 0.15) is 17.2 Å². The van der Waals surface area contributed by atoms with Gasteiger partial charge in [0.2, 0.25) is 0 Å². The van der Waals surface area contributed by atoms with Crippen LogP contribution in [0.3, 0.4) is 0 Å². The highest BCUT2D eigenvalue weighted by Gasteiger charge is 2.17. The van der Waals surface area contributed by atoms with Crippen molar-refractivity contribution in [3.05, 3.63) is 71.0 Å². The van der Waals surface area contributed by atoms with Gasteiger partial charge in [-0.3, -0.25) is 5.84 Å². The third-order valence-corrected chi connectivity index (χ3v) is 2.62. The molecule has 94 valence electrons. The molecule has 0 aliphatic rings. The van der Waals surface area contributed by atoms with E-state index in [1.165, 1.54) is 18.2 Å². The van der Waals surface area contributed by atoms with Crippen LogP contribution in [0.5, 0.6) is 0 Å². The Hall–Kier alpha value is -1.85. The molecule has 0 saturated carbocycles. The predicted molar refractivity (Wildman–Crippen MR) is 61.9 cm³/mol. The van der Waals surface area contributed by atoms with E-state index in [4.69, 9.17) is 5.84 Å². The van der Waals surface area contributed by atoms with E-state index in [0.29, 0.717) is 5.56 Å². The standard InChI is InChI=1S/C13H11F3N2/c14-9-3-1-2-8(6-9)13(18-17)11-7-10(15)4-5-12(11)16/h1-7,13,18H,17H2. The molecule has 0 fully saturated rings. The quantitative estimate of drug-likeness (QED) is 0.651. The minimum absolute atomic E-state index is 0.0306. The third kappa shape index (κ3) is 2.52. The van der Waals surface area contributed by atoms with Crippen LogP contribution in [-0.4, -0.2) is 0 Å². The molecule has 0 saturated heterocycles. The second-order valence-electron chi connectivity index (χ2n) is 3.82. The van der Waals surface area contributed by atoms with Crippen LogP contribution in [0.4, 0.5) is 13.2 Å². The third-order valence-electron chi connectivity index (χ3n) is 2.62. The van der Waals surface area contributed by atoms with E-state index in [1.54, 1.807) is 6.07 Å². The van der Waals surface area contributed by atoms with Crippen molar-refractivity contribution in [1.82, 2.24) is 5.43 Å². The summed E-state index contributed by atoms with van der Waals surface area (Å²) in [6, 6.07) is 7.78. The van der Waals surface area contributed by atoms with E-state index in [1.807, 2.05) is 0 Å². The SMILES string of the molecule is NNC(c1cccc(F)c1)c1cc(F)ccc1F. The molecular weight excluding hydrogens is 241 g/mol. The molecule has 1 unspecified atom stereocenters. The zero-order chi connectivity index (χ0) is 13.1. The average molecular weight is 252 g/mol. The monoisotopic (exact) mass is 252 g/mol. The van der Waals surface area contributed by atoms with Gasteiger partial charge in [-0.05, 0) is 35.9 Å². The molecule has 0 radical (unpaired) electrons. The van der Waals surface area contributed by atoms with Gasteiger partial charge < -0.3 is 0 Å². The summed E-state index contributed by atoms with van der Waals surface area (Å²) in [5.41, 5.74) is 2.81. The Bertz CT molecular complexity index is 558. The van der Waals surface area contributed by atoms with Gasteiger partial charge in [0.05, 0.1) is 6.04 Å². The Kier molecular flexibility index (Phi) is 3.64. The highest BCUT2D eigenvalue weighted by molar-refractivity contribution is 5.33. The Morgan fingerprint density at radius 2 is 1.67 bits per heavy atom. The molecule has 2 aromatic carbocycles. The van der Waals surface area contributed by atoms with Crippen molar-refractivity contribution in [3.8, 4) is 0 Å². The molecule has 0 spiro atoms. The topological polar surface area (TPSA) is 38.0 Å². The molecule has 2 aromatic rings. The maximum Gasteiger partial charge on any atom is 0.128 e. The summed E-state index contributed by atoms with van der Waals surface area (Å²) >= 11 is 0.